The highest BCUT2D eigenvalue weighted by atomic mass is 16.6. The van der Waals surface area contributed by atoms with Crippen molar-refractivity contribution in [2.45, 2.75) is 33.5 Å². The van der Waals surface area contributed by atoms with Crippen LogP contribution in [-0.4, -0.2) is 17.9 Å². The second-order valence-electron chi connectivity index (χ2n) is 5.46. The molecule has 1 heterocycles. The highest BCUT2D eigenvalue weighted by Crippen LogP contribution is 2.39. The number of hydrogen-bond acceptors (Lipinski definition) is 3. The van der Waals surface area contributed by atoms with Crippen LogP contribution in [0.15, 0.2) is 42.5 Å². The van der Waals surface area contributed by atoms with Gasteiger partial charge in [0.05, 0.1) is 0 Å². The molecule has 0 aromatic heterocycles. The summed E-state index contributed by atoms with van der Waals surface area (Å²) >= 11 is 0. The van der Waals surface area contributed by atoms with Crippen molar-refractivity contribution in [2.75, 3.05) is 6.61 Å². The largest absolute Gasteiger partial charge is 0.490 e. The number of rotatable bonds is 4. The van der Waals surface area contributed by atoms with Gasteiger partial charge in [-0.3, -0.25) is 0 Å². The summed E-state index contributed by atoms with van der Waals surface area (Å²) in [5.41, 5.74) is 3.93. The number of epoxide rings is 1. The molecule has 1 fully saturated rings. The smallest absolute Gasteiger partial charge is 0.388 e. The standard InChI is InChI=1S/C18H17NO3.CH4/c1-12-8-13(2)16(9-15(12)10-19-20)21-11-17-18(22-17)14-6-4-3-5-7-14;/h3-9,17-18H,11H2,1-2H3;1H4/p+1. The molecule has 0 spiro atoms. The topological polar surface area (TPSA) is 46.3 Å². The van der Waals surface area contributed by atoms with Gasteiger partial charge >= 0.3 is 6.07 Å². The van der Waals surface area contributed by atoms with Gasteiger partial charge in [0, 0.05) is 6.07 Å². The van der Waals surface area contributed by atoms with E-state index >= 15 is 0 Å². The Morgan fingerprint density at radius 2 is 1.91 bits per heavy atom. The SMILES string of the molecule is C.Cc1cc(C)c(OCC2OC2c2ccccc2)cc1C#[N+]O. The summed E-state index contributed by atoms with van der Waals surface area (Å²) in [5, 5.41) is 11.6. The van der Waals surface area contributed by atoms with Crippen molar-refractivity contribution in [1.82, 2.24) is 0 Å². The number of hydrogen-bond donors (Lipinski definition) is 1. The summed E-state index contributed by atoms with van der Waals surface area (Å²) in [6, 6.07) is 16.5. The molecule has 3 rings (SSSR count). The maximum Gasteiger partial charge on any atom is 0.388 e. The zero-order valence-electron chi connectivity index (χ0n) is 12.6. The Hall–Kier alpha value is -2.51. The minimum absolute atomic E-state index is 0. The first-order valence-corrected chi connectivity index (χ1v) is 7.23. The fourth-order valence-electron chi connectivity index (χ4n) is 2.54. The lowest BCUT2D eigenvalue weighted by atomic mass is 10.1. The summed E-state index contributed by atoms with van der Waals surface area (Å²) in [6.45, 7) is 4.43. The van der Waals surface area contributed by atoms with E-state index in [0.29, 0.717) is 6.61 Å². The van der Waals surface area contributed by atoms with E-state index in [0.717, 1.165) is 22.4 Å². The average molecular weight is 312 g/mol. The lowest BCUT2D eigenvalue weighted by Gasteiger charge is -2.09. The van der Waals surface area contributed by atoms with Gasteiger partial charge in [-0.2, -0.15) is 5.21 Å². The van der Waals surface area contributed by atoms with Crippen molar-refractivity contribution in [3.8, 4) is 11.8 Å². The molecule has 4 heteroatoms. The van der Waals surface area contributed by atoms with E-state index in [1.807, 2.05) is 44.2 Å². The van der Waals surface area contributed by atoms with Crippen LogP contribution in [0, 0.1) is 19.9 Å². The lowest BCUT2D eigenvalue weighted by molar-refractivity contribution is 0.259. The molecule has 1 aliphatic heterocycles. The molecular formula is C19H22NO3+. The lowest BCUT2D eigenvalue weighted by Crippen LogP contribution is -2.07. The zero-order chi connectivity index (χ0) is 15.5. The molecule has 2 aromatic carbocycles. The first kappa shape index (κ1) is 16.9. The number of ether oxygens (including phenoxy) is 2. The highest BCUT2D eigenvalue weighted by Gasteiger charge is 2.40. The summed E-state index contributed by atoms with van der Waals surface area (Å²) in [7, 11) is 0. The molecule has 0 radical (unpaired) electrons. The molecule has 0 bridgehead atoms. The normalized spacial score (nSPS) is 18.3. The zero-order valence-corrected chi connectivity index (χ0v) is 12.6. The molecule has 0 amide bonds. The van der Waals surface area contributed by atoms with Crippen LogP contribution < -0.4 is 4.74 Å². The van der Waals surface area contributed by atoms with E-state index in [4.69, 9.17) is 14.7 Å². The summed E-state index contributed by atoms with van der Waals surface area (Å²) in [4.78, 5) is 0. The van der Waals surface area contributed by atoms with Crippen molar-refractivity contribution in [2.24, 2.45) is 0 Å². The summed E-state index contributed by atoms with van der Waals surface area (Å²) in [5.74, 6) is 0.763. The van der Waals surface area contributed by atoms with E-state index in [1.165, 1.54) is 5.56 Å². The third-order valence-corrected chi connectivity index (χ3v) is 3.81. The minimum Gasteiger partial charge on any atom is -0.490 e. The number of nitrogens with zero attached hydrogens (tertiary/aromatic N) is 1. The van der Waals surface area contributed by atoms with Crippen molar-refractivity contribution < 1.29 is 14.7 Å². The maximum absolute atomic E-state index is 8.65. The van der Waals surface area contributed by atoms with Crippen molar-refractivity contribution in [1.29, 1.82) is 0 Å². The van der Waals surface area contributed by atoms with E-state index in [9.17, 15) is 0 Å². The van der Waals surface area contributed by atoms with E-state index < -0.39 is 0 Å². The molecule has 23 heavy (non-hydrogen) atoms. The van der Waals surface area contributed by atoms with Crippen LogP contribution in [0.3, 0.4) is 0 Å². The fraction of sp³-hybridized carbons (Fsp3) is 0.316. The molecule has 2 aromatic rings. The number of benzene rings is 2. The highest BCUT2D eigenvalue weighted by molar-refractivity contribution is 5.48. The average Bonchev–Trinajstić information content (AvgIpc) is 3.29. The molecule has 4 nitrogen and oxygen atoms in total. The Bertz CT molecular complexity index is 732. The molecule has 0 aliphatic carbocycles. The van der Waals surface area contributed by atoms with Gasteiger partial charge in [0.25, 0.3) is 0 Å². The van der Waals surface area contributed by atoms with Crippen LogP contribution in [0.4, 0.5) is 0 Å². The van der Waals surface area contributed by atoms with Crippen molar-refractivity contribution >= 4 is 0 Å². The van der Waals surface area contributed by atoms with E-state index in [-0.39, 0.29) is 19.6 Å². The molecule has 2 unspecified atom stereocenters. The van der Waals surface area contributed by atoms with Gasteiger partial charge in [-0.05, 0) is 30.5 Å². The van der Waals surface area contributed by atoms with Crippen molar-refractivity contribution in [3.05, 3.63) is 69.7 Å². The molecule has 0 saturated carbocycles. The Labute approximate surface area is 137 Å². The molecule has 1 N–H and O–H groups in total. The Kier molecular flexibility index (Phi) is 5.25. The van der Waals surface area contributed by atoms with Crippen LogP contribution in [0.5, 0.6) is 5.75 Å². The fourth-order valence-corrected chi connectivity index (χ4v) is 2.54. The quantitative estimate of drug-likeness (QED) is 0.666. The Morgan fingerprint density at radius 1 is 1.17 bits per heavy atom. The first-order valence-electron chi connectivity index (χ1n) is 7.23. The Balaban J connectivity index is 0.00000192. The second-order valence-corrected chi connectivity index (χ2v) is 5.46. The van der Waals surface area contributed by atoms with Gasteiger partial charge in [0.1, 0.15) is 30.1 Å². The van der Waals surface area contributed by atoms with Crippen LogP contribution in [0.25, 0.3) is 5.01 Å². The van der Waals surface area contributed by atoms with Gasteiger partial charge in [-0.1, -0.05) is 43.8 Å². The maximum atomic E-state index is 8.65. The van der Waals surface area contributed by atoms with Crippen LogP contribution in [0.2, 0.25) is 0 Å². The van der Waals surface area contributed by atoms with E-state index in [1.54, 1.807) is 0 Å². The predicted molar refractivity (Wildman–Crippen MR) is 90.3 cm³/mol. The molecule has 120 valence electrons. The minimum atomic E-state index is 0. The molecule has 1 saturated heterocycles. The third-order valence-electron chi connectivity index (χ3n) is 3.81. The second kappa shape index (κ2) is 7.17. The Morgan fingerprint density at radius 3 is 2.61 bits per heavy atom. The van der Waals surface area contributed by atoms with Gasteiger partial charge in [0.15, 0.2) is 0 Å². The molecule has 1 aliphatic rings. The molecular weight excluding hydrogens is 290 g/mol. The summed E-state index contributed by atoms with van der Waals surface area (Å²) < 4.78 is 11.5. The van der Waals surface area contributed by atoms with Crippen LogP contribution in [-0.2, 0) is 4.74 Å². The van der Waals surface area contributed by atoms with Gasteiger partial charge < -0.3 is 9.47 Å². The van der Waals surface area contributed by atoms with Crippen LogP contribution in [0.1, 0.15) is 35.8 Å². The summed E-state index contributed by atoms with van der Waals surface area (Å²) in [6.07, 6.45) is 0.207. The van der Waals surface area contributed by atoms with Gasteiger partial charge in [0.2, 0.25) is 5.01 Å². The monoisotopic (exact) mass is 312 g/mol. The molecule has 2 atom stereocenters. The predicted octanol–water partition coefficient (Wildman–Crippen LogP) is 4.53. The third kappa shape index (κ3) is 3.82. The first-order chi connectivity index (χ1) is 10.7. The number of aryl methyl sites for hydroxylation is 2. The van der Waals surface area contributed by atoms with Gasteiger partial charge in [-0.15, -0.1) is 0 Å². The van der Waals surface area contributed by atoms with E-state index in [2.05, 4.69) is 23.2 Å². The van der Waals surface area contributed by atoms with Crippen LogP contribution >= 0.6 is 0 Å². The van der Waals surface area contributed by atoms with Gasteiger partial charge in [-0.25, -0.2) is 0 Å². The van der Waals surface area contributed by atoms with Crippen molar-refractivity contribution in [3.63, 3.8) is 0 Å².